The maximum atomic E-state index is 5.91. The molecule has 0 fully saturated rings. The van der Waals surface area contributed by atoms with Gasteiger partial charge < -0.3 is 11.5 Å². The summed E-state index contributed by atoms with van der Waals surface area (Å²) in [5.41, 5.74) is 12.3. The van der Waals surface area contributed by atoms with E-state index < -0.39 is 0 Å². The number of nitrogens with two attached hydrogens (primary N) is 2. The molecular formula is C9H12BrClN2. The number of hydrogen-bond acceptors (Lipinski definition) is 2. The van der Waals surface area contributed by atoms with Crippen LogP contribution in [0.4, 0.5) is 0 Å². The average Bonchev–Trinajstić information content (AvgIpc) is 2.09. The second-order valence-electron chi connectivity index (χ2n) is 2.85. The first-order chi connectivity index (χ1) is 6.15. The van der Waals surface area contributed by atoms with Crippen LogP contribution in [-0.4, -0.2) is 6.54 Å². The summed E-state index contributed by atoms with van der Waals surface area (Å²) in [7, 11) is 0. The molecule has 0 saturated heterocycles. The second-order valence-corrected chi connectivity index (χ2v) is 4.14. The van der Waals surface area contributed by atoms with E-state index in [1.807, 2.05) is 18.2 Å². The first kappa shape index (κ1) is 11.0. The van der Waals surface area contributed by atoms with E-state index in [1.54, 1.807) is 0 Å². The molecule has 4 N–H and O–H groups in total. The van der Waals surface area contributed by atoms with Crippen LogP contribution in [0.15, 0.2) is 22.7 Å². The Morgan fingerprint density at radius 3 is 2.77 bits per heavy atom. The lowest BCUT2D eigenvalue weighted by Gasteiger charge is -2.12. The fourth-order valence-corrected chi connectivity index (χ4v) is 1.86. The van der Waals surface area contributed by atoms with Crippen LogP contribution in [0.25, 0.3) is 0 Å². The lowest BCUT2D eigenvalue weighted by Crippen LogP contribution is -2.15. The minimum atomic E-state index is -0.0434. The highest BCUT2D eigenvalue weighted by Crippen LogP contribution is 2.26. The quantitative estimate of drug-likeness (QED) is 0.880. The predicted molar refractivity (Wildman–Crippen MR) is 59.8 cm³/mol. The van der Waals surface area contributed by atoms with Crippen molar-refractivity contribution in [3.63, 3.8) is 0 Å². The minimum Gasteiger partial charge on any atom is -0.330 e. The Morgan fingerprint density at radius 1 is 1.46 bits per heavy atom. The zero-order chi connectivity index (χ0) is 9.84. The number of hydrogen-bond donors (Lipinski definition) is 2. The summed E-state index contributed by atoms with van der Waals surface area (Å²) in [4.78, 5) is 0. The molecule has 1 aromatic carbocycles. The van der Waals surface area contributed by atoms with Crippen LogP contribution in [0, 0.1) is 0 Å². The third kappa shape index (κ3) is 2.95. The molecule has 72 valence electrons. The van der Waals surface area contributed by atoms with Crippen molar-refractivity contribution in [2.24, 2.45) is 11.5 Å². The number of halogens is 2. The largest absolute Gasteiger partial charge is 0.330 e. The molecule has 2 nitrogen and oxygen atoms in total. The summed E-state index contributed by atoms with van der Waals surface area (Å²) in [6.45, 7) is 0.583. The summed E-state index contributed by atoms with van der Waals surface area (Å²) in [6.07, 6.45) is 0.763. The molecule has 0 aliphatic rings. The van der Waals surface area contributed by atoms with Crippen molar-refractivity contribution in [2.45, 2.75) is 12.5 Å². The van der Waals surface area contributed by atoms with Gasteiger partial charge in [-0.05, 0) is 36.7 Å². The highest BCUT2D eigenvalue weighted by atomic mass is 79.9. The molecule has 0 aromatic heterocycles. The number of benzene rings is 1. The van der Waals surface area contributed by atoms with Crippen molar-refractivity contribution < 1.29 is 0 Å². The molecule has 0 bridgehead atoms. The van der Waals surface area contributed by atoms with Crippen molar-refractivity contribution in [1.29, 1.82) is 0 Å². The van der Waals surface area contributed by atoms with Crippen LogP contribution >= 0.6 is 27.5 Å². The Morgan fingerprint density at radius 2 is 2.15 bits per heavy atom. The van der Waals surface area contributed by atoms with E-state index in [1.165, 1.54) is 0 Å². The Hall–Kier alpha value is -0.0900. The Kier molecular flexibility index (Phi) is 4.19. The number of rotatable bonds is 3. The molecule has 13 heavy (non-hydrogen) atoms. The van der Waals surface area contributed by atoms with Crippen molar-refractivity contribution in [1.82, 2.24) is 0 Å². The van der Waals surface area contributed by atoms with Gasteiger partial charge in [-0.1, -0.05) is 27.5 Å². The van der Waals surface area contributed by atoms with Gasteiger partial charge in [-0.3, -0.25) is 0 Å². The van der Waals surface area contributed by atoms with Crippen LogP contribution in [0.5, 0.6) is 0 Å². The average molecular weight is 264 g/mol. The maximum Gasteiger partial charge on any atom is 0.0410 e. The zero-order valence-corrected chi connectivity index (χ0v) is 9.48. The monoisotopic (exact) mass is 262 g/mol. The molecule has 0 aliphatic heterocycles. The molecule has 0 heterocycles. The highest BCUT2D eigenvalue weighted by molar-refractivity contribution is 9.10. The summed E-state index contributed by atoms with van der Waals surface area (Å²) < 4.78 is 0.984. The molecule has 0 radical (unpaired) electrons. The van der Waals surface area contributed by atoms with Gasteiger partial charge in [0.05, 0.1) is 0 Å². The molecule has 1 atom stereocenters. The van der Waals surface area contributed by atoms with Crippen LogP contribution < -0.4 is 11.5 Å². The van der Waals surface area contributed by atoms with E-state index in [-0.39, 0.29) is 6.04 Å². The molecule has 0 unspecified atom stereocenters. The van der Waals surface area contributed by atoms with Crippen molar-refractivity contribution >= 4 is 27.5 Å². The molecule has 0 saturated carbocycles. The van der Waals surface area contributed by atoms with Gasteiger partial charge in [0.1, 0.15) is 0 Å². The van der Waals surface area contributed by atoms with E-state index in [2.05, 4.69) is 15.9 Å². The summed E-state index contributed by atoms with van der Waals surface area (Å²) in [5.74, 6) is 0. The van der Waals surface area contributed by atoms with Gasteiger partial charge in [-0.25, -0.2) is 0 Å². The van der Waals surface area contributed by atoms with E-state index in [0.717, 1.165) is 16.5 Å². The standard InChI is InChI=1S/C9H12BrClN2/c10-8-2-1-6(11)5-7(8)9(13)3-4-12/h1-2,5,9H,3-4,12-13H2/t9-/m0/s1. The van der Waals surface area contributed by atoms with Crippen molar-refractivity contribution in [3.8, 4) is 0 Å². The van der Waals surface area contributed by atoms with E-state index in [0.29, 0.717) is 11.6 Å². The maximum absolute atomic E-state index is 5.91. The summed E-state index contributed by atoms with van der Waals surface area (Å²) >= 11 is 9.27. The van der Waals surface area contributed by atoms with Crippen LogP contribution in [0.2, 0.25) is 5.02 Å². The second kappa shape index (κ2) is 4.96. The van der Waals surface area contributed by atoms with Crippen molar-refractivity contribution in [3.05, 3.63) is 33.3 Å². The predicted octanol–water partition coefficient (Wildman–Crippen LogP) is 2.45. The molecule has 0 aliphatic carbocycles. The Bertz CT molecular complexity index is 291. The van der Waals surface area contributed by atoms with E-state index in [9.17, 15) is 0 Å². The third-order valence-electron chi connectivity index (χ3n) is 1.84. The van der Waals surface area contributed by atoms with Crippen LogP contribution in [-0.2, 0) is 0 Å². The smallest absolute Gasteiger partial charge is 0.0410 e. The first-order valence-corrected chi connectivity index (χ1v) is 5.23. The molecule has 0 spiro atoms. The van der Waals surface area contributed by atoms with Gasteiger partial charge in [-0.2, -0.15) is 0 Å². The van der Waals surface area contributed by atoms with E-state index >= 15 is 0 Å². The highest BCUT2D eigenvalue weighted by Gasteiger charge is 2.09. The first-order valence-electron chi connectivity index (χ1n) is 4.05. The van der Waals surface area contributed by atoms with Gasteiger partial charge in [-0.15, -0.1) is 0 Å². The summed E-state index contributed by atoms with van der Waals surface area (Å²) in [6, 6.07) is 5.54. The lowest BCUT2D eigenvalue weighted by atomic mass is 10.1. The van der Waals surface area contributed by atoms with Gasteiger partial charge in [0.25, 0.3) is 0 Å². The molecule has 0 amide bonds. The topological polar surface area (TPSA) is 52.0 Å². The lowest BCUT2D eigenvalue weighted by molar-refractivity contribution is 0.659. The summed E-state index contributed by atoms with van der Waals surface area (Å²) in [5, 5.41) is 0.700. The van der Waals surface area contributed by atoms with Crippen molar-refractivity contribution in [2.75, 3.05) is 6.54 Å². The fraction of sp³-hybridized carbons (Fsp3) is 0.333. The molecular weight excluding hydrogens is 251 g/mol. The third-order valence-corrected chi connectivity index (χ3v) is 2.79. The zero-order valence-electron chi connectivity index (χ0n) is 7.13. The van der Waals surface area contributed by atoms with E-state index in [4.69, 9.17) is 23.1 Å². The van der Waals surface area contributed by atoms with Gasteiger partial charge in [0.15, 0.2) is 0 Å². The van der Waals surface area contributed by atoms with Gasteiger partial charge >= 0.3 is 0 Å². The Balaban J connectivity index is 2.91. The molecule has 1 rings (SSSR count). The fourth-order valence-electron chi connectivity index (χ4n) is 1.13. The van der Waals surface area contributed by atoms with Crippen LogP contribution in [0.1, 0.15) is 18.0 Å². The molecule has 1 aromatic rings. The SMILES string of the molecule is NCC[C@H](N)c1cc(Cl)ccc1Br. The van der Waals surface area contributed by atoms with Crippen LogP contribution in [0.3, 0.4) is 0 Å². The normalized spacial score (nSPS) is 12.9. The van der Waals surface area contributed by atoms with Gasteiger partial charge in [0, 0.05) is 15.5 Å². The minimum absolute atomic E-state index is 0.0434. The van der Waals surface area contributed by atoms with Gasteiger partial charge in [0.2, 0.25) is 0 Å². The Labute approximate surface area is 91.4 Å². The molecule has 4 heteroatoms.